The molecule has 0 spiro atoms. The third kappa shape index (κ3) is 4.36. The molecule has 0 fully saturated rings. The molecule has 2 N–H and O–H groups in total. The first-order valence-corrected chi connectivity index (χ1v) is 9.41. The van der Waals surface area contributed by atoms with Crippen molar-refractivity contribution in [1.82, 2.24) is 15.5 Å². The molecule has 0 unspecified atom stereocenters. The molecule has 3 rings (SSSR count). The zero-order chi connectivity index (χ0) is 16.8. The van der Waals surface area contributed by atoms with Crippen LogP contribution in [0.2, 0.25) is 0 Å². The number of aryl methyl sites for hydroxylation is 1. The van der Waals surface area contributed by atoms with Gasteiger partial charge in [-0.1, -0.05) is 24.3 Å². The molecule has 128 valence electrons. The molecule has 0 saturated heterocycles. The Kier molecular flexibility index (Phi) is 5.88. The highest BCUT2D eigenvalue weighted by atomic mass is 32.1. The first kappa shape index (κ1) is 17.0. The molecule has 0 saturated carbocycles. The monoisotopic (exact) mass is 342 g/mol. The van der Waals surface area contributed by atoms with Crippen LogP contribution in [0.3, 0.4) is 0 Å². The molecule has 0 aliphatic carbocycles. The lowest BCUT2D eigenvalue weighted by Crippen LogP contribution is -2.42. The maximum absolute atomic E-state index is 4.32. The molecule has 24 heavy (non-hydrogen) atoms. The van der Waals surface area contributed by atoms with E-state index in [4.69, 9.17) is 0 Å². The van der Waals surface area contributed by atoms with Gasteiger partial charge in [0, 0.05) is 44.6 Å². The number of nitrogens with zero attached hydrogens (tertiary/aromatic N) is 2. The van der Waals surface area contributed by atoms with Gasteiger partial charge in [0.25, 0.3) is 0 Å². The second-order valence-corrected chi connectivity index (χ2v) is 7.17. The summed E-state index contributed by atoms with van der Waals surface area (Å²) in [4.78, 5) is 8.40. The zero-order valence-electron chi connectivity index (χ0n) is 14.5. The SMILES string of the molecule is CN=C(NCCN1CCc2sccc2C1)NCc1ccccc1C. The van der Waals surface area contributed by atoms with Gasteiger partial charge >= 0.3 is 0 Å². The second kappa shape index (κ2) is 8.31. The van der Waals surface area contributed by atoms with Gasteiger partial charge in [-0.05, 0) is 41.5 Å². The fraction of sp³-hybridized carbons (Fsp3) is 0.421. The maximum Gasteiger partial charge on any atom is 0.191 e. The first-order valence-electron chi connectivity index (χ1n) is 8.53. The van der Waals surface area contributed by atoms with E-state index in [1.54, 1.807) is 4.88 Å². The van der Waals surface area contributed by atoms with Crippen LogP contribution in [0, 0.1) is 6.92 Å². The number of nitrogens with one attached hydrogen (secondary N) is 2. The van der Waals surface area contributed by atoms with Gasteiger partial charge in [-0.2, -0.15) is 0 Å². The van der Waals surface area contributed by atoms with Crippen molar-refractivity contribution in [2.24, 2.45) is 4.99 Å². The topological polar surface area (TPSA) is 39.7 Å². The number of fused-ring (bicyclic) bond motifs is 1. The van der Waals surface area contributed by atoms with Crippen molar-refractivity contribution >= 4 is 17.3 Å². The summed E-state index contributed by atoms with van der Waals surface area (Å²) in [5.41, 5.74) is 4.12. The van der Waals surface area contributed by atoms with Crippen molar-refractivity contribution in [3.63, 3.8) is 0 Å². The largest absolute Gasteiger partial charge is 0.355 e. The Bertz CT molecular complexity index is 692. The van der Waals surface area contributed by atoms with Crippen LogP contribution in [0.25, 0.3) is 0 Å². The molecular formula is C19H26N4S. The Morgan fingerprint density at radius 2 is 2.12 bits per heavy atom. The zero-order valence-corrected chi connectivity index (χ0v) is 15.3. The molecule has 2 aromatic rings. The summed E-state index contributed by atoms with van der Waals surface area (Å²) in [6.45, 7) is 7.13. The van der Waals surface area contributed by atoms with E-state index in [0.29, 0.717) is 0 Å². The van der Waals surface area contributed by atoms with E-state index in [0.717, 1.165) is 38.7 Å². The minimum atomic E-state index is 0.800. The van der Waals surface area contributed by atoms with E-state index in [2.05, 4.69) is 63.2 Å². The van der Waals surface area contributed by atoms with Crippen LogP contribution in [-0.4, -0.2) is 37.5 Å². The average molecular weight is 343 g/mol. The Balaban J connectivity index is 1.41. The highest BCUT2D eigenvalue weighted by Crippen LogP contribution is 2.23. The van der Waals surface area contributed by atoms with E-state index in [9.17, 15) is 0 Å². The molecule has 0 atom stereocenters. The third-order valence-electron chi connectivity index (χ3n) is 4.54. The molecule has 0 radical (unpaired) electrons. The van der Waals surface area contributed by atoms with E-state index in [1.807, 2.05) is 18.4 Å². The molecule has 4 nitrogen and oxygen atoms in total. The first-order chi connectivity index (χ1) is 11.8. The van der Waals surface area contributed by atoms with Crippen molar-refractivity contribution in [2.75, 3.05) is 26.7 Å². The minimum Gasteiger partial charge on any atom is -0.355 e. The van der Waals surface area contributed by atoms with Crippen molar-refractivity contribution in [3.05, 3.63) is 57.3 Å². The summed E-state index contributed by atoms with van der Waals surface area (Å²) < 4.78 is 0. The standard InChI is InChI=1S/C19H26N4S/c1-15-5-3-4-6-16(15)13-22-19(20-2)21-9-11-23-10-7-18-17(14-23)8-12-24-18/h3-6,8,12H,7,9-11,13-14H2,1-2H3,(H2,20,21,22). The number of benzene rings is 1. The lowest BCUT2D eigenvalue weighted by Gasteiger charge is -2.27. The number of hydrogen-bond donors (Lipinski definition) is 2. The van der Waals surface area contributed by atoms with Crippen LogP contribution in [0.1, 0.15) is 21.6 Å². The van der Waals surface area contributed by atoms with Crippen LogP contribution in [0.4, 0.5) is 0 Å². The van der Waals surface area contributed by atoms with Crippen LogP contribution < -0.4 is 10.6 Å². The molecule has 1 aromatic carbocycles. The summed E-state index contributed by atoms with van der Waals surface area (Å²) >= 11 is 1.89. The second-order valence-electron chi connectivity index (χ2n) is 6.17. The predicted molar refractivity (Wildman–Crippen MR) is 103 cm³/mol. The summed E-state index contributed by atoms with van der Waals surface area (Å²) in [5.74, 6) is 0.867. The molecule has 1 aliphatic rings. The molecule has 1 aliphatic heterocycles. The lowest BCUT2D eigenvalue weighted by atomic mass is 10.1. The molecule has 2 heterocycles. The highest BCUT2D eigenvalue weighted by Gasteiger charge is 2.16. The molecule has 5 heteroatoms. The predicted octanol–water partition coefficient (Wildman–Crippen LogP) is 2.78. The Morgan fingerprint density at radius 1 is 1.25 bits per heavy atom. The summed E-state index contributed by atoms with van der Waals surface area (Å²) in [5, 5.41) is 9.03. The van der Waals surface area contributed by atoms with Crippen LogP contribution in [0.15, 0.2) is 40.7 Å². The molecule has 1 aromatic heterocycles. The van der Waals surface area contributed by atoms with Crippen LogP contribution >= 0.6 is 11.3 Å². The van der Waals surface area contributed by atoms with Gasteiger partial charge < -0.3 is 10.6 Å². The normalized spacial score (nSPS) is 15.2. The summed E-state index contributed by atoms with van der Waals surface area (Å²) in [7, 11) is 1.83. The maximum atomic E-state index is 4.32. The van der Waals surface area contributed by atoms with Gasteiger partial charge in [-0.3, -0.25) is 9.89 Å². The van der Waals surface area contributed by atoms with Crippen molar-refractivity contribution in [1.29, 1.82) is 0 Å². The molecule has 0 amide bonds. The number of hydrogen-bond acceptors (Lipinski definition) is 3. The quantitative estimate of drug-likeness (QED) is 0.648. The Labute approximate surface area is 148 Å². The Morgan fingerprint density at radius 3 is 2.96 bits per heavy atom. The van der Waals surface area contributed by atoms with Gasteiger partial charge in [0.15, 0.2) is 5.96 Å². The van der Waals surface area contributed by atoms with Crippen molar-refractivity contribution in [2.45, 2.75) is 26.4 Å². The number of guanidine groups is 1. The summed E-state index contributed by atoms with van der Waals surface area (Å²) in [6.07, 6.45) is 1.19. The number of aliphatic imine (C=N–C) groups is 1. The average Bonchev–Trinajstić information content (AvgIpc) is 3.07. The van der Waals surface area contributed by atoms with Crippen molar-refractivity contribution in [3.8, 4) is 0 Å². The van der Waals surface area contributed by atoms with Gasteiger partial charge in [0.1, 0.15) is 0 Å². The Hall–Kier alpha value is -1.85. The van der Waals surface area contributed by atoms with Gasteiger partial charge in [-0.25, -0.2) is 0 Å². The van der Waals surface area contributed by atoms with Crippen molar-refractivity contribution < 1.29 is 0 Å². The van der Waals surface area contributed by atoms with Gasteiger partial charge in [-0.15, -0.1) is 11.3 Å². The lowest BCUT2D eigenvalue weighted by molar-refractivity contribution is 0.260. The van der Waals surface area contributed by atoms with Crippen LogP contribution in [0.5, 0.6) is 0 Å². The number of thiophene rings is 1. The summed E-state index contributed by atoms with van der Waals surface area (Å²) in [6, 6.07) is 10.7. The molecule has 0 bridgehead atoms. The van der Waals surface area contributed by atoms with E-state index < -0.39 is 0 Å². The molecular weight excluding hydrogens is 316 g/mol. The smallest absolute Gasteiger partial charge is 0.191 e. The third-order valence-corrected chi connectivity index (χ3v) is 5.56. The fourth-order valence-electron chi connectivity index (χ4n) is 3.04. The highest BCUT2D eigenvalue weighted by molar-refractivity contribution is 7.10. The van der Waals surface area contributed by atoms with Gasteiger partial charge in [0.2, 0.25) is 0 Å². The minimum absolute atomic E-state index is 0.800. The van der Waals surface area contributed by atoms with E-state index >= 15 is 0 Å². The van der Waals surface area contributed by atoms with E-state index in [1.165, 1.54) is 23.1 Å². The number of rotatable bonds is 5. The fourth-order valence-corrected chi connectivity index (χ4v) is 3.93. The van der Waals surface area contributed by atoms with Gasteiger partial charge in [0.05, 0.1) is 0 Å². The van der Waals surface area contributed by atoms with Crippen LogP contribution in [-0.2, 0) is 19.5 Å². The van der Waals surface area contributed by atoms with E-state index in [-0.39, 0.29) is 0 Å².